The highest BCUT2D eigenvalue weighted by molar-refractivity contribution is 5.96. The molecule has 1 atom stereocenters. The minimum absolute atomic E-state index is 0.0635. The molecule has 0 aliphatic rings. The van der Waals surface area contributed by atoms with Crippen LogP contribution in [0.3, 0.4) is 0 Å². The van der Waals surface area contributed by atoms with E-state index in [1.54, 1.807) is 12.1 Å². The molecule has 0 fully saturated rings. The SMILES string of the molecule is CCCNC(=O)c1c(CC)c(-c2ccc(C#N)cc2)nn1C(C)CC. The summed E-state index contributed by atoms with van der Waals surface area (Å²) in [6, 6.07) is 9.63. The number of nitriles is 1. The fourth-order valence-electron chi connectivity index (χ4n) is 2.79. The third-order valence-electron chi connectivity index (χ3n) is 4.41. The molecule has 25 heavy (non-hydrogen) atoms. The van der Waals surface area contributed by atoms with Crippen LogP contribution in [0.2, 0.25) is 0 Å². The van der Waals surface area contributed by atoms with Gasteiger partial charge in [-0.1, -0.05) is 32.9 Å². The molecule has 1 unspecified atom stereocenters. The number of benzene rings is 1. The number of hydrogen-bond donors (Lipinski definition) is 1. The van der Waals surface area contributed by atoms with Crippen molar-refractivity contribution in [2.45, 2.75) is 53.0 Å². The largest absolute Gasteiger partial charge is 0.351 e. The second kappa shape index (κ2) is 8.48. The van der Waals surface area contributed by atoms with Crippen molar-refractivity contribution in [3.63, 3.8) is 0 Å². The lowest BCUT2D eigenvalue weighted by atomic mass is 10.0. The van der Waals surface area contributed by atoms with Crippen molar-refractivity contribution in [3.8, 4) is 17.3 Å². The zero-order chi connectivity index (χ0) is 18.4. The molecular weight excluding hydrogens is 312 g/mol. The van der Waals surface area contributed by atoms with Crippen LogP contribution in [0.15, 0.2) is 24.3 Å². The number of nitrogens with one attached hydrogen (secondary N) is 1. The lowest BCUT2D eigenvalue weighted by Gasteiger charge is -2.14. The Morgan fingerprint density at radius 1 is 1.28 bits per heavy atom. The highest BCUT2D eigenvalue weighted by Crippen LogP contribution is 2.29. The van der Waals surface area contributed by atoms with Crippen molar-refractivity contribution in [2.75, 3.05) is 6.54 Å². The highest BCUT2D eigenvalue weighted by atomic mass is 16.2. The summed E-state index contributed by atoms with van der Waals surface area (Å²) in [5.74, 6) is -0.0635. The maximum atomic E-state index is 12.8. The van der Waals surface area contributed by atoms with Crippen LogP contribution in [0, 0.1) is 11.3 Å². The lowest BCUT2D eigenvalue weighted by Crippen LogP contribution is -2.28. The fraction of sp³-hybridized carbons (Fsp3) is 0.450. The number of rotatable bonds is 7. The van der Waals surface area contributed by atoms with Gasteiger partial charge in [0.25, 0.3) is 5.91 Å². The first-order chi connectivity index (χ1) is 12.1. The Morgan fingerprint density at radius 3 is 2.48 bits per heavy atom. The van der Waals surface area contributed by atoms with E-state index in [4.69, 9.17) is 10.4 Å². The van der Waals surface area contributed by atoms with E-state index in [2.05, 4.69) is 25.2 Å². The number of nitrogens with zero attached hydrogens (tertiary/aromatic N) is 3. The molecular formula is C20H26N4O. The molecule has 0 saturated heterocycles. The summed E-state index contributed by atoms with van der Waals surface area (Å²) in [5, 5.41) is 16.7. The Balaban J connectivity index is 2.58. The summed E-state index contributed by atoms with van der Waals surface area (Å²) in [6.45, 7) is 8.90. The molecule has 0 radical (unpaired) electrons. The second-order valence-corrected chi connectivity index (χ2v) is 6.18. The minimum Gasteiger partial charge on any atom is -0.351 e. The van der Waals surface area contributed by atoms with E-state index in [1.807, 2.05) is 30.7 Å². The number of carbonyl (C=O) groups is 1. The summed E-state index contributed by atoms with van der Waals surface area (Å²) in [4.78, 5) is 12.8. The predicted molar refractivity (Wildman–Crippen MR) is 99.4 cm³/mol. The average molecular weight is 338 g/mol. The van der Waals surface area contributed by atoms with E-state index in [0.29, 0.717) is 17.8 Å². The molecule has 2 rings (SSSR count). The Kier molecular flexibility index (Phi) is 6.35. The first-order valence-electron chi connectivity index (χ1n) is 8.97. The third kappa shape index (κ3) is 3.90. The number of aromatic nitrogens is 2. The fourth-order valence-corrected chi connectivity index (χ4v) is 2.79. The summed E-state index contributed by atoms with van der Waals surface area (Å²) in [7, 11) is 0. The van der Waals surface area contributed by atoms with E-state index in [0.717, 1.165) is 36.1 Å². The average Bonchev–Trinajstić information content (AvgIpc) is 3.05. The molecule has 132 valence electrons. The Hall–Kier alpha value is -2.61. The van der Waals surface area contributed by atoms with Crippen molar-refractivity contribution in [3.05, 3.63) is 41.1 Å². The summed E-state index contributed by atoms with van der Waals surface area (Å²) >= 11 is 0. The van der Waals surface area contributed by atoms with E-state index >= 15 is 0 Å². The van der Waals surface area contributed by atoms with E-state index in [1.165, 1.54) is 0 Å². The van der Waals surface area contributed by atoms with Gasteiger partial charge in [0.1, 0.15) is 5.69 Å². The Morgan fingerprint density at radius 2 is 1.96 bits per heavy atom. The van der Waals surface area contributed by atoms with Crippen LogP contribution >= 0.6 is 0 Å². The van der Waals surface area contributed by atoms with Gasteiger partial charge >= 0.3 is 0 Å². The molecule has 0 aliphatic heterocycles. The molecule has 5 heteroatoms. The minimum atomic E-state index is -0.0635. The zero-order valence-corrected chi connectivity index (χ0v) is 15.5. The van der Waals surface area contributed by atoms with Crippen LogP contribution in [0.5, 0.6) is 0 Å². The van der Waals surface area contributed by atoms with Crippen molar-refractivity contribution in [1.29, 1.82) is 5.26 Å². The molecule has 0 bridgehead atoms. The first kappa shape index (κ1) is 18.7. The van der Waals surface area contributed by atoms with Gasteiger partial charge < -0.3 is 5.32 Å². The monoisotopic (exact) mass is 338 g/mol. The molecule has 1 N–H and O–H groups in total. The van der Waals surface area contributed by atoms with Gasteiger partial charge in [-0.2, -0.15) is 10.4 Å². The van der Waals surface area contributed by atoms with Crippen LogP contribution in [0.25, 0.3) is 11.3 Å². The molecule has 0 aliphatic carbocycles. The lowest BCUT2D eigenvalue weighted by molar-refractivity contribution is 0.0939. The molecule has 1 aromatic carbocycles. The maximum absolute atomic E-state index is 12.8. The van der Waals surface area contributed by atoms with Gasteiger partial charge in [-0.3, -0.25) is 9.48 Å². The van der Waals surface area contributed by atoms with Gasteiger partial charge in [0.2, 0.25) is 0 Å². The smallest absolute Gasteiger partial charge is 0.269 e. The first-order valence-corrected chi connectivity index (χ1v) is 8.97. The van der Waals surface area contributed by atoms with Gasteiger partial charge in [-0.25, -0.2) is 0 Å². The molecule has 1 heterocycles. The molecule has 1 amide bonds. The normalized spacial score (nSPS) is 11.8. The van der Waals surface area contributed by atoms with Gasteiger partial charge in [-0.15, -0.1) is 0 Å². The summed E-state index contributed by atoms with van der Waals surface area (Å²) in [5.41, 5.74) is 3.99. The number of hydrogen-bond acceptors (Lipinski definition) is 3. The van der Waals surface area contributed by atoms with E-state index < -0.39 is 0 Å². The second-order valence-electron chi connectivity index (χ2n) is 6.18. The van der Waals surface area contributed by atoms with E-state index in [9.17, 15) is 4.79 Å². The van der Waals surface area contributed by atoms with Crippen molar-refractivity contribution in [1.82, 2.24) is 15.1 Å². The van der Waals surface area contributed by atoms with Crippen LogP contribution in [-0.2, 0) is 6.42 Å². The van der Waals surface area contributed by atoms with Crippen LogP contribution < -0.4 is 5.32 Å². The zero-order valence-electron chi connectivity index (χ0n) is 15.5. The van der Waals surface area contributed by atoms with Crippen LogP contribution in [-0.4, -0.2) is 22.2 Å². The number of carbonyl (C=O) groups excluding carboxylic acids is 1. The Labute approximate surface area is 149 Å². The molecule has 2 aromatic rings. The van der Waals surface area contributed by atoms with Gasteiger partial charge in [0.05, 0.1) is 17.3 Å². The van der Waals surface area contributed by atoms with Crippen molar-refractivity contribution in [2.24, 2.45) is 0 Å². The molecule has 0 saturated carbocycles. The molecule has 0 spiro atoms. The quantitative estimate of drug-likeness (QED) is 0.826. The number of amides is 1. The maximum Gasteiger partial charge on any atom is 0.269 e. The molecule has 5 nitrogen and oxygen atoms in total. The van der Waals surface area contributed by atoms with Crippen molar-refractivity contribution >= 4 is 5.91 Å². The standard InChI is InChI=1S/C20H26N4O/c1-5-12-22-20(25)19-17(7-3)18(23-24(19)14(4)6-2)16-10-8-15(13-21)9-11-16/h8-11,14H,5-7,12H2,1-4H3,(H,22,25). The van der Waals surface area contributed by atoms with E-state index in [-0.39, 0.29) is 11.9 Å². The van der Waals surface area contributed by atoms with Crippen LogP contribution in [0.1, 0.15) is 68.2 Å². The molecule has 1 aromatic heterocycles. The van der Waals surface area contributed by atoms with Crippen molar-refractivity contribution < 1.29 is 4.79 Å². The summed E-state index contributed by atoms with van der Waals surface area (Å²) < 4.78 is 1.86. The van der Waals surface area contributed by atoms with Gasteiger partial charge in [0, 0.05) is 23.7 Å². The third-order valence-corrected chi connectivity index (χ3v) is 4.41. The van der Waals surface area contributed by atoms with Crippen LogP contribution in [0.4, 0.5) is 0 Å². The highest BCUT2D eigenvalue weighted by Gasteiger charge is 2.25. The predicted octanol–water partition coefficient (Wildman–Crippen LogP) is 4.09. The topological polar surface area (TPSA) is 70.7 Å². The Bertz CT molecular complexity index is 768. The van der Waals surface area contributed by atoms with Gasteiger partial charge in [-0.05, 0) is 38.3 Å². The van der Waals surface area contributed by atoms with Gasteiger partial charge in [0.15, 0.2) is 0 Å². The summed E-state index contributed by atoms with van der Waals surface area (Å²) in [6.07, 6.45) is 2.51.